The van der Waals surface area contributed by atoms with E-state index in [0.29, 0.717) is 18.5 Å². The van der Waals surface area contributed by atoms with Crippen LogP contribution in [0, 0.1) is 11.6 Å². The average Bonchev–Trinajstić information content (AvgIpc) is 3.20. The summed E-state index contributed by atoms with van der Waals surface area (Å²) in [6.07, 6.45) is 1.83. The number of anilines is 2. The van der Waals surface area contributed by atoms with E-state index in [2.05, 4.69) is 20.3 Å². The molecule has 3 rings (SSSR count). The summed E-state index contributed by atoms with van der Waals surface area (Å²) in [7, 11) is -2.45. The molecule has 1 atom stereocenters. The monoisotopic (exact) mass is 472 g/mol. The summed E-state index contributed by atoms with van der Waals surface area (Å²) >= 11 is 7.26. The Labute approximate surface area is 182 Å². The smallest absolute Gasteiger partial charge is 0.266 e. The van der Waals surface area contributed by atoms with Crippen molar-refractivity contribution in [3.05, 3.63) is 70.2 Å². The molecular formula is C19H19ClF2N4O2S2. The molecule has 2 aromatic carbocycles. The number of likely N-dealkylation sites (N-methyl/N-ethyl adjacent to an activating group) is 1. The van der Waals surface area contributed by atoms with E-state index < -0.39 is 20.7 Å². The Bertz CT molecular complexity index is 1110. The third kappa shape index (κ3) is 5.45. The minimum absolute atomic E-state index is 0.0386. The van der Waals surface area contributed by atoms with Crippen LogP contribution >= 0.6 is 22.9 Å². The molecule has 0 radical (unpaired) electrons. The van der Waals surface area contributed by atoms with Crippen molar-refractivity contribution in [2.24, 2.45) is 0 Å². The van der Waals surface area contributed by atoms with Gasteiger partial charge in [-0.15, -0.1) is 11.3 Å². The lowest BCUT2D eigenvalue weighted by molar-refractivity contribution is 0.550. The van der Waals surface area contributed by atoms with E-state index in [0.717, 1.165) is 23.5 Å². The summed E-state index contributed by atoms with van der Waals surface area (Å²) in [5.74, 6) is -1.26. The number of thiazole rings is 1. The molecule has 0 unspecified atom stereocenters. The van der Waals surface area contributed by atoms with Crippen molar-refractivity contribution in [3.63, 3.8) is 0 Å². The fourth-order valence-electron chi connectivity index (χ4n) is 2.75. The molecule has 3 aromatic rings. The Balaban J connectivity index is 1.72. The number of nitrogens with zero attached hydrogens (tertiary/aromatic N) is 1. The van der Waals surface area contributed by atoms with Gasteiger partial charge in [-0.3, -0.25) is 4.72 Å². The molecule has 3 N–H and O–H groups in total. The molecule has 160 valence electrons. The molecule has 0 amide bonds. The van der Waals surface area contributed by atoms with E-state index in [1.165, 1.54) is 12.3 Å². The van der Waals surface area contributed by atoms with Gasteiger partial charge < -0.3 is 10.6 Å². The molecule has 30 heavy (non-hydrogen) atoms. The van der Waals surface area contributed by atoms with Crippen LogP contribution in [0.2, 0.25) is 5.02 Å². The molecule has 1 aromatic heterocycles. The van der Waals surface area contributed by atoms with Gasteiger partial charge in [0.05, 0.1) is 10.7 Å². The van der Waals surface area contributed by atoms with Gasteiger partial charge in [0.15, 0.2) is 5.13 Å². The largest absolute Gasteiger partial charge is 0.382 e. The molecule has 0 spiro atoms. The van der Waals surface area contributed by atoms with Crippen LogP contribution in [-0.4, -0.2) is 33.0 Å². The van der Waals surface area contributed by atoms with E-state index in [9.17, 15) is 17.2 Å². The fraction of sp³-hybridized carbons (Fsp3) is 0.211. The van der Waals surface area contributed by atoms with Crippen LogP contribution < -0.4 is 15.4 Å². The molecule has 0 saturated heterocycles. The molecular weight excluding hydrogens is 454 g/mol. The molecule has 11 heteroatoms. The van der Waals surface area contributed by atoms with Gasteiger partial charge in [0.25, 0.3) is 10.0 Å². The van der Waals surface area contributed by atoms with Crippen LogP contribution in [0.25, 0.3) is 0 Å². The van der Waals surface area contributed by atoms with E-state index in [-0.39, 0.29) is 27.7 Å². The minimum Gasteiger partial charge on any atom is -0.382 e. The second-order valence-electron chi connectivity index (χ2n) is 6.37. The first-order chi connectivity index (χ1) is 14.3. The highest BCUT2D eigenvalue weighted by Crippen LogP contribution is 2.29. The summed E-state index contributed by atoms with van der Waals surface area (Å²) in [5, 5.41) is 7.80. The summed E-state index contributed by atoms with van der Waals surface area (Å²) in [6.45, 7) is 0.313. The van der Waals surface area contributed by atoms with Gasteiger partial charge in [-0.25, -0.2) is 22.2 Å². The van der Waals surface area contributed by atoms with Crippen LogP contribution in [0.1, 0.15) is 5.56 Å². The van der Waals surface area contributed by atoms with Crippen molar-refractivity contribution < 1.29 is 17.2 Å². The van der Waals surface area contributed by atoms with E-state index >= 15 is 0 Å². The van der Waals surface area contributed by atoms with Gasteiger partial charge in [-0.2, -0.15) is 0 Å². The average molecular weight is 473 g/mol. The van der Waals surface area contributed by atoms with Crippen molar-refractivity contribution in [3.8, 4) is 0 Å². The Morgan fingerprint density at radius 3 is 2.63 bits per heavy atom. The second kappa shape index (κ2) is 9.69. The lowest BCUT2D eigenvalue weighted by atomic mass is 10.1. The number of sulfonamides is 1. The Kier molecular flexibility index (Phi) is 7.24. The first kappa shape index (κ1) is 22.4. The zero-order valence-corrected chi connectivity index (χ0v) is 18.2. The van der Waals surface area contributed by atoms with Crippen molar-refractivity contribution in [2.75, 3.05) is 23.6 Å². The van der Waals surface area contributed by atoms with E-state index in [1.54, 1.807) is 30.6 Å². The van der Waals surface area contributed by atoms with Crippen molar-refractivity contribution in [2.45, 2.75) is 17.4 Å². The van der Waals surface area contributed by atoms with Gasteiger partial charge in [0.1, 0.15) is 16.5 Å². The van der Waals surface area contributed by atoms with Crippen molar-refractivity contribution >= 4 is 43.8 Å². The molecule has 0 aliphatic heterocycles. The number of aromatic nitrogens is 1. The van der Waals surface area contributed by atoms with Gasteiger partial charge in [0, 0.05) is 24.2 Å². The number of rotatable bonds is 9. The Hall–Kier alpha value is -2.27. The summed E-state index contributed by atoms with van der Waals surface area (Å²) in [6, 6.07) is 8.35. The van der Waals surface area contributed by atoms with Gasteiger partial charge in [-0.05, 0) is 37.2 Å². The summed E-state index contributed by atoms with van der Waals surface area (Å²) in [5.41, 5.74) is 0.779. The molecule has 0 aliphatic carbocycles. The molecule has 6 nitrogen and oxygen atoms in total. The lowest BCUT2D eigenvalue weighted by Crippen LogP contribution is -2.35. The molecule has 1 heterocycles. The SMILES string of the molecule is CN[C@H](CNc1cc(F)c(S(=O)(=O)Nc2nccs2)cc1Cl)Cc1ccccc1F. The van der Waals surface area contributed by atoms with Crippen molar-refractivity contribution in [1.29, 1.82) is 0 Å². The van der Waals surface area contributed by atoms with Crippen LogP contribution in [0.4, 0.5) is 19.6 Å². The second-order valence-corrected chi connectivity index (χ2v) is 9.32. The highest BCUT2D eigenvalue weighted by atomic mass is 35.5. The summed E-state index contributed by atoms with van der Waals surface area (Å²) < 4.78 is 55.5. The molecule has 0 saturated carbocycles. The van der Waals surface area contributed by atoms with Gasteiger partial charge >= 0.3 is 0 Å². The van der Waals surface area contributed by atoms with Gasteiger partial charge in [0.2, 0.25) is 0 Å². The molecule has 0 aliphatic rings. The number of nitrogens with one attached hydrogen (secondary N) is 3. The third-order valence-electron chi connectivity index (χ3n) is 4.34. The highest BCUT2D eigenvalue weighted by Gasteiger charge is 2.23. The number of hydrogen-bond donors (Lipinski definition) is 3. The van der Waals surface area contributed by atoms with Crippen LogP contribution in [0.3, 0.4) is 0 Å². The first-order valence-corrected chi connectivity index (χ1v) is 11.6. The molecule has 0 bridgehead atoms. The molecule has 0 fully saturated rings. The topological polar surface area (TPSA) is 83.1 Å². The Morgan fingerprint density at radius 1 is 1.20 bits per heavy atom. The van der Waals surface area contributed by atoms with Crippen LogP contribution in [0.15, 0.2) is 52.9 Å². The standard InChI is InChI=1S/C19H19ClF2N4O2S2/c1-23-13(8-12-4-2-3-5-15(12)21)11-25-17-10-16(22)18(9-14(17)20)30(27,28)26-19-24-6-7-29-19/h2-7,9-10,13,23,25H,8,11H2,1H3,(H,24,26)/t13-/m0/s1. The van der Waals surface area contributed by atoms with Crippen LogP contribution in [-0.2, 0) is 16.4 Å². The fourth-order valence-corrected chi connectivity index (χ4v) is 4.92. The maximum atomic E-state index is 14.6. The highest BCUT2D eigenvalue weighted by molar-refractivity contribution is 7.93. The Morgan fingerprint density at radius 2 is 1.97 bits per heavy atom. The minimum atomic E-state index is -4.18. The maximum absolute atomic E-state index is 14.6. The van der Waals surface area contributed by atoms with Crippen LogP contribution in [0.5, 0.6) is 0 Å². The quantitative estimate of drug-likeness (QED) is 0.436. The van der Waals surface area contributed by atoms with E-state index in [4.69, 9.17) is 11.6 Å². The number of benzene rings is 2. The predicted octanol–water partition coefficient (Wildman–Crippen LogP) is 4.12. The first-order valence-electron chi connectivity index (χ1n) is 8.86. The summed E-state index contributed by atoms with van der Waals surface area (Å²) in [4.78, 5) is 3.24. The number of halogens is 3. The van der Waals surface area contributed by atoms with E-state index in [1.807, 2.05) is 0 Å². The zero-order valence-electron chi connectivity index (χ0n) is 15.8. The third-order valence-corrected chi connectivity index (χ3v) is 6.82. The normalized spacial score (nSPS) is 12.5. The predicted molar refractivity (Wildman–Crippen MR) is 116 cm³/mol. The van der Waals surface area contributed by atoms with Gasteiger partial charge in [-0.1, -0.05) is 29.8 Å². The van der Waals surface area contributed by atoms with Crippen molar-refractivity contribution in [1.82, 2.24) is 10.3 Å². The lowest BCUT2D eigenvalue weighted by Gasteiger charge is -2.19. The number of hydrogen-bond acceptors (Lipinski definition) is 6. The zero-order chi connectivity index (χ0) is 21.7. The maximum Gasteiger partial charge on any atom is 0.266 e.